The summed E-state index contributed by atoms with van der Waals surface area (Å²) in [5.41, 5.74) is 4.18. The summed E-state index contributed by atoms with van der Waals surface area (Å²) in [5, 5.41) is 1.65. The number of ketones is 1. The zero-order valence-electron chi connectivity index (χ0n) is 19.2. The summed E-state index contributed by atoms with van der Waals surface area (Å²) in [6, 6.07) is 17.1. The molecule has 0 aliphatic carbocycles. The number of benzene rings is 3. The molecular weight excluding hydrogens is 450 g/mol. The van der Waals surface area contributed by atoms with Crippen LogP contribution in [0.15, 0.2) is 66.6 Å². The van der Waals surface area contributed by atoms with Crippen LogP contribution >= 0.6 is 11.6 Å². The predicted octanol–water partition coefficient (Wildman–Crippen LogP) is 6.83. The number of ether oxygens (including phenoxy) is 3. The standard InChI is InChI=1S/C28H24ClNO4/c1-4-30-15-19(22-14-20(32-3)9-11-24(22)30)13-26-27(31)21-10-12-25(17(2)28(21)34-26)33-16-18-7-5-6-8-23(18)29/h5-15H,4,16H2,1-3H3. The molecule has 2 heterocycles. The number of nitrogens with zero attached hydrogens (tertiary/aromatic N) is 1. The van der Waals surface area contributed by atoms with E-state index in [1.807, 2.05) is 61.7 Å². The highest BCUT2D eigenvalue weighted by Gasteiger charge is 2.30. The smallest absolute Gasteiger partial charge is 0.231 e. The van der Waals surface area contributed by atoms with Crippen molar-refractivity contribution in [3.8, 4) is 17.2 Å². The molecule has 0 amide bonds. The Kier molecular flexibility index (Phi) is 5.80. The third-order valence-electron chi connectivity index (χ3n) is 6.12. The lowest BCUT2D eigenvalue weighted by Gasteiger charge is -2.12. The molecule has 4 aromatic rings. The molecule has 3 aromatic carbocycles. The van der Waals surface area contributed by atoms with Crippen molar-refractivity contribution in [1.82, 2.24) is 4.57 Å². The second kappa shape index (κ2) is 8.92. The van der Waals surface area contributed by atoms with Crippen molar-refractivity contribution in [2.75, 3.05) is 7.11 Å². The molecule has 1 aliphatic heterocycles. The number of carbonyl (C=O) groups excluding carboxylic acids is 1. The Balaban J connectivity index is 1.46. The number of allylic oxidation sites excluding steroid dienone is 1. The van der Waals surface area contributed by atoms with Gasteiger partial charge in [-0.3, -0.25) is 4.79 Å². The van der Waals surface area contributed by atoms with E-state index in [1.165, 1.54) is 0 Å². The molecule has 0 spiro atoms. The summed E-state index contributed by atoms with van der Waals surface area (Å²) in [5.74, 6) is 2.10. The minimum absolute atomic E-state index is 0.143. The number of aryl methyl sites for hydroxylation is 1. The third kappa shape index (κ3) is 3.82. The highest BCUT2D eigenvalue weighted by molar-refractivity contribution is 6.31. The lowest BCUT2D eigenvalue weighted by Crippen LogP contribution is -1.99. The zero-order chi connectivity index (χ0) is 23.8. The van der Waals surface area contributed by atoms with Crippen LogP contribution in [-0.4, -0.2) is 17.5 Å². The molecule has 6 heteroatoms. The maximum absolute atomic E-state index is 13.1. The molecule has 172 valence electrons. The molecule has 0 radical (unpaired) electrons. The van der Waals surface area contributed by atoms with Gasteiger partial charge in [0.1, 0.15) is 23.9 Å². The fraction of sp³-hybridized carbons (Fsp3) is 0.179. The van der Waals surface area contributed by atoms with Crippen molar-refractivity contribution in [3.63, 3.8) is 0 Å². The molecule has 0 saturated heterocycles. The van der Waals surface area contributed by atoms with E-state index in [-0.39, 0.29) is 5.78 Å². The van der Waals surface area contributed by atoms with E-state index in [2.05, 4.69) is 11.5 Å². The van der Waals surface area contributed by atoms with E-state index < -0.39 is 0 Å². The summed E-state index contributed by atoms with van der Waals surface area (Å²) in [7, 11) is 1.64. The molecule has 1 aliphatic rings. The normalized spacial score (nSPS) is 13.9. The summed E-state index contributed by atoms with van der Waals surface area (Å²) in [4.78, 5) is 13.1. The minimum atomic E-state index is -0.143. The SMILES string of the molecule is CCn1cc(C=C2Oc3c(ccc(OCc4ccccc4Cl)c3C)C2=O)c2cc(OC)ccc21. The first kappa shape index (κ1) is 22.1. The third-order valence-corrected chi connectivity index (χ3v) is 6.49. The van der Waals surface area contributed by atoms with E-state index >= 15 is 0 Å². The number of rotatable bonds is 6. The number of Topliss-reactive ketones (excluding diaryl/α,β-unsaturated/α-hetero) is 1. The highest BCUT2D eigenvalue weighted by Crippen LogP contribution is 2.40. The Morgan fingerprint density at radius 2 is 1.94 bits per heavy atom. The van der Waals surface area contributed by atoms with Crippen molar-refractivity contribution in [1.29, 1.82) is 0 Å². The molecule has 34 heavy (non-hydrogen) atoms. The van der Waals surface area contributed by atoms with Gasteiger partial charge in [-0.25, -0.2) is 0 Å². The molecule has 5 nitrogen and oxygen atoms in total. The Labute approximate surface area is 203 Å². The molecule has 0 fully saturated rings. The Bertz CT molecular complexity index is 1450. The monoisotopic (exact) mass is 473 g/mol. The zero-order valence-corrected chi connectivity index (χ0v) is 20.0. The molecular formula is C28H24ClNO4. The van der Waals surface area contributed by atoms with Crippen LogP contribution in [0.4, 0.5) is 0 Å². The van der Waals surface area contributed by atoms with Crippen LogP contribution in [0.1, 0.15) is 34.0 Å². The van der Waals surface area contributed by atoms with Gasteiger partial charge in [0.05, 0.1) is 12.7 Å². The first-order chi connectivity index (χ1) is 16.5. The van der Waals surface area contributed by atoms with Crippen LogP contribution in [0.25, 0.3) is 17.0 Å². The first-order valence-electron chi connectivity index (χ1n) is 11.1. The summed E-state index contributed by atoms with van der Waals surface area (Å²) >= 11 is 6.25. The quantitative estimate of drug-likeness (QED) is 0.288. The number of hydrogen-bond acceptors (Lipinski definition) is 4. The van der Waals surface area contributed by atoms with Gasteiger partial charge in [0.2, 0.25) is 5.78 Å². The molecule has 1 aromatic heterocycles. The minimum Gasteiger partial charge on any atom is -0.497 e. The topological polar surface area (TPSA) is 49.7 Å². The summed E-state index contributed by atoms with van der Waals surface area (Å²) in [6.07, 6.45) is 3.84. The lowest BCUT2D eigenvalue weighted by molar-refractivity contribution is 0.101. The van der Waals surface area contributed by atoms with Crippen LogP contribution in [0.3, 0.4) is 0 Å². The lowest BCUT2D eigenvalue weighted by atomic mass is 10.1. The van der Waals surface area contributed by atoms with E-state index in [0.29, 0.717) is 34.5 Å². The van der Waals surface area contributed by atoms with Gasteiger partial charge in [-0.15, -0.1) is 0 Å². The number of methoxy groups -OCH3 is 1. The largest absolute Gasteiger partial charge is 0.497 e. The number of carbonyl (C=O) groups is 1. The number of hydrogen-bond donors (Lipinski definition) is 0. The van der Waals surface area contributed by atoms with Gasteiger partial charge in [-0.05, 0) is 56.3 Å². The van der Waals surface area contributed by atoms with E-state index in [4.69, 9.17) is 25.8 Å². The van der Waals surface area contributed by atoms with Crippen molar-refractivity contribution in [2.24, 2.45) is 0 Å². The molecule has 0 bridgehead atoms. The first-order valence-corrected chi connectivity index (χ1v) is 11.5. The van der Waals surface area contributed by atoms with E-state index in [1.54, 1.807) is 19.3 Å². The van der Waals surface area contributed by atoms with Gasteiger partial charge in [0.25, 0.3) is 0 Å². The average Bonchev–Trinajstić information content (AvgIpc) is 3.37. The van der Waals surface area contributed by atoms with Crippen molar-refractivity contribution in [3.05, 3.63) is 93.8 Å². The fourth-order valence-electron chi connectivity index (χ4n) is 4.24. The Morgan fingerprint density at radius 3 is 2.71 bits per heavy atom. The van der Waals surface area contributed by atoms with Crippen LogP contribution < -0.4 is 14.2 Å². The predicted molar refractivity (Wildman–Crippen MR) is 134 cm³/mol. The number of halogens is 1. The van der Waals surface area contributed by atoms with Gasteiger partial charge >= 0.3 is 0 Å². The highest BCUT2D eigenvalue weighted by atomic mass is 35.5. The molecule has 5 rings (SSSR count). The van der Waals surface area contributed by atoms with Crippen molar-refractivity contribution < 1.29 is 19.0 Å². The van der Waals surface area contributed by atoms with Gasteiger partial charge in [-0.2, -0.15) is 0 Å². The van der Waals surface area contributed by atoms with Gasteiger partial charge in [0.15, 0.2) is 5.76 Å². The second-order valence-corrected chi connectivity index (χ2v) is 8.55. The number of fused-ring (bicyclic) bond motifs is 2. The fourth-order valence-corrected chi connectivity index (χ4v) is 4.43. The van der Waals surface area contributed by atoms with Gasteiger partial charge in [-0.1, -0.05) is 29.8 Å². The number of aromatic nitrogens is 1. The average molecular weight is 474 g/mol. The van der Waals surface area contributed by atoms with E-state index in [0.717, 1.165) is 39.9 Å². The summed E-state index contributed by atoms with van der Waals surface area (Å²) < 4.78 is 19.6. The molecule has 0 saturated carbocycles. The summed E-state index contributed by atoms with van der Waals surface area (Å²) in [6.45, 7) is 5.12. The Hall–Kier alpha value is -3.70. The molecule has 0 N–H and O–H groups in total. The maximum Gasteiger partial charge on any atom is 0.231 e. The molecule has 0 atom stereocenters. The van der Waals surface area contributed by atoms with Crippen LogP contribution in [0.2, 0.25) is 5.02 Å². The van der Waals surface area contributed by atoms with Crippen LogP contribution in [0.5, 0.6) is 17.2 Å². The van der Waals surface area contributed by atoms with E-state index in [9.17, 15) is 4.79 Å². The van der Waals surface area contributed by atoms with Crippen molar-refractivity contribution in [2.45, 2.75) is 27.0 Å². The van der Waals surface area contributed by atoms with Crippen molar-refractivity contribution >= 4 is 34.4 Å². The Morgan fingerprint density at radius 1 is 1.12 bits per heavy atom. The maximum atomic E-state index is 13.1. The van der Waals surface area contributed by atoms with Gasteiger partial charge in [0, 0.05) is 45.4 Å². The van der Waals surface area contributed by atoms with Crippen LogP contribution in [0, 0.1) is 6.92 Å². The second-order valence-electron chi connectivity index (χ2n) is 8.14. The molecule has 0 unspecified atom stereocenters. The van der Waals surface area contributed by atoms with Crippen LogP contribution in [-0.2, 0) is 13.2 Å². The van der Waals surface area contributed by atoms with Gasteiger partial charge < -0.3 is 18.8 Å².